The number of hydrogen-bond acceptors (Lipinski definition) is 2. The molecular formula is C60H46N2. The largest absolute Gasteiger partial charge is 0.341 e. The summed E-state index contributed by atoms with van der Waals surface area (Å²) in [5, 5.41) is 7.58. The maximum atomic E-state index is 2.55. The molecule has 2 nitrogen and oxygen atoms in total. The van der Waals surface area contributed by atoms with E-state index in [9.17, 15) is 0 Å². The van der Waals surface area contributed by atoms with Gasteiger partial charge in [-0.1, -0.05) is 152 Å². The summed E-state index contributed by atoms with van der Waals surface area (Å²) in [6.07, 6.45) is 4.48. The summed E-state index contributed by atoms with van der Waals surface area (Å²) in [5.74, 6) is 0. The number of benzene rings is 10. The standard InChI is InChI=1S/C60H46N2/c1-3-16-41(17-4-1)46-36-47(42-18-5-2-6-19-42)38-48(37-46)59-53-32-30-50(62-35-15-25-45-22-9-12-29-58(45)62)40-56(53)60(52-27-13-23-43-20-7-10-26-51(43)52)54-33-31-49(39-55(54)59)61-34-14-24-44-21-8-11-28-57(44)61/h1-13,16-23,26-33,36-40H,14-15,24-25,34-35H2. The fourth-order valence-corrected chi connectivity index (χ4v) is 10.6. The van der Waals surface area contributed by atoms with Crippen LogP contribution in [0.25, 0.3) is 76.8 Å². The Kier molecular flexibility index (Phi) is 8.96. The van der Waals surface area contributed by atoms with Crippen molar-refractivity contribution >= 4 is 55.1 Å². The van der Waals surface area contributed by atoms with E-state index in [-0.39, 0.29) is 0 Å². The first-order valence-electron chi connectivity index (χ1n) is 22.2. The highest BCUT2D eigenvalue weighted by atomic mass is 15.1. The van der Waals surface area contributed by atoms with Gasteiger partial charge in [-0.05, 0) is 168 Å². The van der Waals surface area contributed by atoms with Gasteiger partial charge in [-0.3, -0.25) is 0 Å². The highest BCUT2D eigenvalue weighted by Gasteiger charge is 2.25. The van der Waals surface area contributed by atoms with E-state index >= 15 is 0 Å². The van der Waals surface area contributed by atoms with Crippen LogP contribution in [0, 0.1) is 0 Å². The molecule has 0 saturated carbocycles. The Morgan fingerprint density at radius 1 is 0.306 bits per heavy atom. The zero-order valence-electron chi connectivity index (χ0n) is 34.8. The first-order chi connectivity index (χ1) is 30.7. The zero-order chi connectivity index (χ0) is 41.0. The predicted octanol–water partition coefficient (Wildman–Crippen LogP) is 16.0. The predicted molar refractivity (Wildman–Crippen MR) is 264 cm³/mol. The Hall–Kier alpha value is -7.42. The van der Waals surface area contributed by atoms with Gasteiger partial charge in [-0.15, -0.1) is 0 Å². The van der Waals surface area contributed by atoms with Crippen LogP contribution in [-0.4, -0.2) is 13.1 Å². The normalized spacial score (nSPS) is 13.7. The van der Waals surface area contributed by atoms with Crippen molar-refractivity contribution < 1.29 is 0 Å². The first-order valence-corrected chi connectivity index (χ1v) is 22.2. The second kappa shape index (κ2) is 15.2. The van der Waals surface area contributed by atoms with E-state index in [1.54, 1.807) is 0 Å². The zero-order valence-corrected chi connectivity index (χ0v) is 34.8. The Morgan fingerprint density at radius 2 is 0.790 bits per heavy atom. The molecule has 10 aromatic rings. The quantitative estimate of drug-likeness (QED) is 0.155. The van der Waals surface area contributed by atoms with Crippen molar-refractivity contribution in [3.63, 3.8) is 0 Å². The van der Waals surface area contributed by atoms with Gasteiger partial charge in [0.25, 0.3) is 0 Å². The number of fused-ring (bicyclic) bond motifs is 5. The highest BCUT2D eigenvalue weighted by molar-refractivity contribution is 6.24. The average molecular weight is 795 g/mol. The van der Waals surface area contributed by atoms with Gasteiger partial charge < -0.3 is 9.80 Å². The monoisotopic (exact) mass is 794 g/mol. The molecule has 0 bridgehead atoms. The Balaban J connectivity index is 1.21. The van der Waals surface area contributed by atoms with E-state index in [2.05, 4.69) is 216 Å². The molecule has 0 amide bonds. The molecule has 296 valence electrons. The van der Waals surface area contributed by atoms with Crippen LogP contribution in [-0.2, 0) is 12.8 Å². The molecule has 2 aliphatic rings. The second-order valence-corrected chi connectivity index (χ2v) is 17.0. The van der Waals surface area contributed by atoms with Gasteiger partial charge in [-0.25, -0.2) is 0 Å². The van der Waals surface area contributed by atoms with Crippen LogP contribution in [0.4, 0.5) is 22.7 Å². The van der Waals surface area contributed by atoms with Crippen molar-refractivity contribution in [2.24, 2.45) is 0 Å². The van der Waals surface area contributed by atoms with Crippen LogP contribution < -0.4 is 9.80 Å². The van der Waals surface area contributed by atoms with E-state index < -0.39 is 0 Å². The molecule has 2 aliphatic heterocycles. The lowest BCUT2D eigenvalue weighted by Gasteiger charge is -2.32. The Morgan fingerprint density at radius 3 is 1.40 bits per heavy atom. The molecule has 2 heteroatoms. The highest BCUT2D eigenvalue weighted by Crippen LogP contribution is 2.50. The molecule has 0 aromatic heterocycles. The van der Waals surface area contributed by atoms with Gasteiger partial charge in [-0.2, -0.15) is 0 Å². The second-order valence-electron chi connectivity index (χ2n) is 17.0. The minimum Gasteiger partial charge on any atom is -0.341 e. The molecule has 10 aromatic carbocycles. The topological polar surface area (TPSA) is 6.48 Å². The van der Waals surface area contributed by atoms with E-state index in [1.807, 2.05) is 0 Å². The lowest BCUT2D eigenvalue weighted by Crippen LogP contribution is -2.24. The number of aryl methyl sites for hydroxylation is 2. The molecule has 62 heavy (non-hydrogen) atoms. The van der Waals surface area contributed by atoms with Crippen LogP contribution >= 0.6 is 0 Å². The third-order valence-electron chi connectivity index (χ3n) is 13.4. The summed E-state index contributed by atoms with van der Waals surface area (Å²) < 4.78 is 0. The fraction of sp³-hybridized carbons (Fsp3) is 0.100. The smallest absolute Gasteiger partial charge is 0.0443 e. The molecule has 0 unspecified atom stereocenters. The van der Waals surface area contributed by atoms with E-state index in [0.717, 1.165) is 38.8 Å². The number of nitrogens with zero attached hydrogens (tertiary/aromatic N) is 2. The molecule has 0 spiro atoms. The minimum atomic E-state index is 0.990. The lowest BCUT2D eigenvalue weighted by molar-refractivity contribution is 0.767. The van der Waals surface area contributed by atoms with Crippen LogP contribution in [0.5, 0.6) is 0 Å². The summed E-state index contributed by atoms with van der Waals surface area (Å²) in [6.45, 7) is 1.98. The third kappa shape index (κ3) is 6.25. The number of rotatable bonds is 6. The van der Waals surface area contributed by atoms with Crippen molar-refractivity contribution in [2.75, 3.05) is 22.9 Å². The van der Waals surface area contributed by atoms with Gasteiger partial charge in [0.2, 0.25) is 0 Å². The average Bonchev–Trinajstić information content (AvgIpc) is 3.35. The van der Waals surface area contributed by atoms with Gasteiger partial charge in [0.15, 0.2) is 0 Å². The fourth-order valence-electron chi connectivity index (χ4n) is 10.6. The molecule has 0 N–H and O–H groups in total. The Bertz CT molecular complexity index is 3250. The summed E-state index contributed by atoms with van der Waals surface area (Å²) in [5.41, 5.74) is 17.8. The molecule has 12 rings (SSSR count). The molecule has 0 atom stereocenters. The maximum absolute atomic E-state index is 2.55. The number of anilines is 4. The minimum absolute atomic E-state index is 0.990. The molecule has 0 saturated heterocycles. The third-order valence-corrected chi connectivity index (χ3v) is 13.4. The van der Waals surface area contributed by atoms with Crippen LogP contribution in [0.15, 0.2) is 206 Å². The molecule has 0 aliphatic carbocycles. The van der Waals surface area contributed by atoms with Gasteiger partial charge in [0.1, 0.15) is 0 Å². The SMILES string of the molecule is c1ccc(-c2cc(-c3ccccc3)cc(-c3c4cc(N5CCCc6ccccc65)ccc4c(-c4cccc5ccccc45)c4cc(N5CCCc6ccccc65)ccc34)c2)cc1. The van der Waals surface area contributed by atoms with Crippen molar-refractivity contribution in [2.45, 2.75) is 25.7 Å². The molecule has 2 heterocycles. The summed E-state index contributed by atoms with van der Waals surface area (Å²) in [6, 6.07) is 77.3. The van der Waals surface area contributed by atoms with E-state index in [0.29, 0.717) is 0 Å². The van der Waals surface area contributed by atoms with Crippen molar-refractivity contribution in [3.05, 3.63) is 217 Å². The molecular weight excluding hydrogens is 749 g/mol. The first kappa shape index (κ1) is 36.4. The Labute approximate surface area is 364 Å². The number of hydrogen-bond donors (Lipinski definition) is 0. The summed E-state index contributed by atoms with van der Waals surface area (Å²) >= 11 is 0. The molecule has 0 fully saturated rings. The van der Waals surface area contributed by atoms with Crippen molar-refractivity contribution in [1.82, 2.24) is 0 Å². The van der Waals surface area contributed by atoms with Crippen molar-refractivity contribution in [1.29, 1.82) is 0 Å². The molecule has 0 radical (unpaired) electrons. The van der Waals surface area contributed by atoms with Crippen LogP contribution in [0.1, 0.15) is 24.0 Å². The van der Waals surface area contributed by atoms with Gasteiger partial charge in [0.05, 0.1) is 0 Å². The maximum Gasteiger partial charge on any atom is 0.0443 e. The summed E-state index contributed by atoms with van der Waals surface area (Å²) in [7, 11) is 0. The van der Waals surface area contributed by atoms with Crippen LogP contribution in [0.3, 0.4) is 0 Å². The van der Waals surface area contributed by atoms with E-state index in [4.69, 9.17) is 0 Å². The van der Waals surface area contributed by atoms with Gasteiger partial charge >= 0.3 is 0 Å². The van der Waals surface area contributed by atoms with Crippen molar-refractivity contribution in [3.8, 4) is 44.5 Å². The lowest BCUT2D eigenvalue weighted by atomic mass is 9.83. The number of para-hydroxylation sites is 2. The van der Waals surface area contributed by atoms with E-state index in [1.165, 1.54) is 111 Å². The van der Waals surface area contributed by atoms with Crippen LogP contribution in [0.2, 0.25) is 0 Å². The summed E-state index contributed by atoms with van der Waals surface area (Å²) in [4.78, 5) is 5.10. The van der Waals surface area contributed by atoms with Gasteiger partial charge in [0, 0.05) is 35.8 Å².